The van der Waals surface area contributed by atoms with Crippen molar-refractivity contribution in [3.8, 4) is 0 Å². The molecule has 0 heterocycles. The molecule has 4 nitrogen and oxygen atoms in total. The van der Waals surface area contributed by atoms with E-state index in [0.717, 1.165) is 0 Å². The summed E-state index contributed by atoms with van der Waals surface area (Å²) in [5.41, 5.74) is 1.16. The Balaban J connectivity index is 2.61. The van der Waals surface area contributed by atoms with Gasteiger partial charge in [0.15, 0.2) is 0 Å². The molecule has 0 bridgehead atoms. The molecule has 0 amide bonds. The molecule has 0 aliphatic carbocycles. The third kappa shape index (κ3) is 2.43. The van der Waals surface area contributed by atoms with E-state index in [1.165, 1.54) is 14.2 Å². The van der Waals surface area contributed by atoms with Crippen molar-refractivity contribution in [1.82, 2.24) is 0 Å². The summed E-state index contributed by atoms with van der Waals surface area (Å²) < 4.78 is 10.0. The Morgan fingerprint density at radius 3 is 2.20 bits per heavy atom. The maximum absolute atomic E-state index is 11.8. The SMILES string of the molecule is COC(=O)c1ccccc1C(O)(OC)c1ccccc1. The van der Waals surface area contributed by atoms with Crippen LogP contribution in [0.3, 0.4) is 0 Å². The zero-order valence-electron chi connectivity index (χ0n) is 11.4. The highest BCUT2D eigenvalue weighted by Gasteiger charge is 2.35. The van der Waals surface area contributed by atoms with Crippen LogP contribution in [0.1, 0.15) is 21.5 Å². The van der Waals surface area contributed by atoms with Gasteiger partial charge in [0.25, 0.3) is 0 Å². The Morgan fingerprint density at radius 1 is 1.00 bits per heavy atom. The van der Waals surface area contributed by atoms with Crippen LogP contribution in [-0.4, -0.2) is 25.3 Å². The molecule has 104 valence electrons. The van der Waals surface area contributed by atoms with Crippen LogP contribution < -0.4 is 0 Å². The van der Waals surface area contributed by atoms with Crippen molar-refractivity contribution in [3.05, 3.63) is 71.3 Å². The summed E-state index contributed by atoms with van der Waals surface area (Å²) in [5.74, 6) is -2.22. The topological polar surface area (TPSA) is 55.8 Å². The fraction of sp³-hybridized carbons (Fsp3) is 0.188. The fourth-order valence-electron chi connectivity index (χ4n) is 2.11. The Kier molecular flexibility index (Phi) is 4.17. The molecule has 2 rings (SSSR count). The molecule has 0 saturated carbocycles. The minimum atomic E-state index is -1.70. The normalized spacial score (nSPS) is 13.6. The number of hydrogen-bond donors (Lipinski definition) is 1. The van der Waals surface area contributed by atoms with Crippen molar-refractivity contribution >= 4 is 5.97 Å². The maximum Gasteiger partial charge on any atom is 0.338 e. The molecule has 2 aromatic carbocycles. The predicted molar refractivity (Wildman–Crippen MR) is 74.2 cm³/mol. The van der Waals surface area contributed by atoms with Crippen LogP contribution in [-0.2, 0) is 15.3 Å². The van der Waals surface area contributed by atoms with Crippen molar-refractivity contribution in [2.45, 2.75) is 5.79 Å². The van der Waals surface area contributed by atoms with Gasteiger partial charge in [-0.3, -0.25) is 0 Å². The number of benzene rings is 2. The van der Waals surface area contributed by atoms with Crippen LogP contribution in [0.5, 0.6) is 0 Å². The summed E-state index contributed by atoms with van der Waals surface area (Å²) in [5, 5.41) is 10.9. The summed E-state index contributed by atoms with van der Waals surface area (Å²) >= 11 is 0. The molecule has 4 heteroatoms. The van der Waals surface area contributed by atoms with E-state index in [1.54, 1.807) is 48.5 Å². The van der Waals surface area contributed by atoms with Crippen LogP contribution in [0.15, 0.2) is 54.6 Å². The smallest absolute Gasteiger partial charge is 0.338 e. The molecule has 1 unspecified atom stereocenters. The van der Waals surface area contributed by atoms with Crippen LogP contribution in [0, 0.1) is 0 Å². The van der Waals surface area contributed by atoms with Gasteiger partial charge >= 0.3 is 5.97 Å². The van der Waals surface area contributed by atoms with Crippen LogP contribution >= 0.6 is 0 Å². The standard InChI is InChI=1S/C16H16O4/c1-19-15(17)13-10-6-7-11-14(13)16(18,20-2)12-8-4-3-5-9-12/h3-11,18H,1-2H3. The van der Waals surface area contributed by atoms with Gasteiger partial charge in [-0.15, -0.1) is 0 Å². The first kappa shape index (κ1) is 14.2. The van der Waals surface area contributed by atoms with Gasteiger partial charge in [0.1, 0.15) is 0 Å². The molecular formula is C16H16O4. The van der Waals surface area contributed by atoms with E-state index in [-0.39, 0.29) is 5.56 Å². The lowest BCUT2D eigenvalue weighted by atomic mass is 9.93. The van der Waals surface area contributed by atoms with Gasteiger partial charge in [-0.2, -0.15) is 0 Å². The van der Waals surface area contributed by atoms with Crippen LogP contribution in [0.25, 0.3) is 0 Å². The number of methoxy groups -OCH3 is 2. The van der Waals surface area contributed by atoms with Crippen molar-refractivity contribution in [1.29, 1.82) is 0 Å². The summed E-state index contributed by atoms with van der Waals surface area (Å²) in [4.78, 5) is 11.8. The number of carbonyl (C=O) groups excluding carboxylic acids is 1. The monoisotopic (exact) mass is 272 g/mol. The molecule has 0 radical (unpaired) electrons. The lowest BCUT2D eigenvalue weighted by Crippen LogP contribution is -2.31. The number of aliphatic hydroxyl groups is 1. The molecule has 0 saturated heterocycles. The summed E-state index contributed by atoms with van der Waals surface area (Å²) in [7, 11) is 2.69. The number of carbonyl (C=O) groups is 1. The second-order valence-corrected chi connectivity index (χ2v) is 4.25. The number of esters is 1. The van der Waals surface area contributed by atoms with Crippen molar-refractivity contribution in [2.75, 3.05) is 14.2 Å². The highest BCUT2D eigenvalue weighted by Crippen LogP contribution is 2.32. The third-order valence-corrected chi connectivity index (χ3v) is 3.16. The van der Waals surface area contributed by atoms with Gasteiger partial charge in [0.05, 0.1) is 12.7 Å². The van der Waals surface area contributed by atoms with E-state index < -0.39 is 11.8 Å². The van der Waals surface area contributed by atoms with E-state index in [4.69, 9.17) is 9.47 Å². The second kappa shape index (κ2) is 5.86. The average molecular weight is 272 g/mol. The Bertz CT molecular complexity index is 594. The first-order valence-corrected chi connectivity index (χ1v) is 6.14. The zero-order chi connectivity index (χ0) is 14.6. The molecule has 1 atom stereocenters. The summed E-state index contributed by atoms with van der Waals surface area (Å²) in [6, 6.07) is 15.6. The van der Waals surface area contributed by atoms with Gasteiger partial charge in [-0.1, -0.05) is 48.5 Å². The molecular weight excluding hydrogens is 256 g/mol. The van der Waals surface area contributed by atoms with Crippen LogP contribution in [0.4, 0.5) is 0 Å². The summed E-state index contributed by atoms with van der Waals surface area (Å²) in [6.45, 7) is 0. The Hall–Kier alpha value is -2.17. The molecule has 0 aliphatic heterocycles. The van der Waals surface area contributed by atoms with E-state index in [0.29, 0.717) is 11.1 Å². The first-order valence-electron chi connectivity index (χ1n) is 6.14. The van der Waals surface area contributed by atoms with E-state index in [9.17, 15) is 9.90 Å². The van der Waals surface area contributed by atoms with Crippen molar-refractivity contribution < 1.29 is 19.4 Å². The second-order valence-electron chi connectivity index (χ2n) is 4.25. The largest absolute Gasteiger partial charge is 0.465 e. The van der Waals surface area contributed by atoms with Gasteiger partial charge in [-0.25, -0.2) is 4.79 Å². The van der Waals surface area contributed by atoms with Gasteiger partial charge < -0.3 is 14.6 Å². The van der Waals surface area contributed by atoms with Gasteiger partial charge in [0.2, 0.25) is 5.79 Å². The molecule has 2 aromatic rings. The minimum absolute atomic E-state index is 0.267. The molecule has 1 N–H and O–H groups in total. The van der Waals surface area contributed by atoms with Crippen LogP contribution in [0.2, 0.25) is 0 Å². The molecule has 0 aromatic heterocycles. The quantitative estimate of drug-likeness (QED) is 0.685. The van der Waals surface area contributed by atoms with E-state index in [2.05, 4.69) is 0 Å². The molecule has 0 spiro atoms. The van der Waals surface area contributed by atoms with E-state index >= 15 is 0 Å². The molecule has 20 heavy (non-hydrogen) atoms. The lowest BCUT2D eigenvalue weighted by molar-refractivity contribution is -0.160. The van der Waals surface area contributed by atoms with Gasteiger partial charge in [0, 0.05) is 18.2 Å². The Labute approximate surface area is 117 Å². The first-order chi connectivity index (χ1) is 9.63. The zero-order valence-corrected chi connectivity index (χ0v) is 11.4. The van der Waals surface area contributed by atoms with Gasteiger partial charge in [-0.05, 0) is 6.07 Å². The highest BCUT2D eigenvalue weighted by molar-refractivity contribution is 5.91. The fourth-order valence-corrected chi connectivity index (χ4v) is 2.11. The summed E-state index contributed by atoms with van der Waals surface area (Å²) in [6.07, 6.45) is 0. The third-order valence-electron chi connectivity index (χ3n) is 3.16. The number of hydrogen-bond acceptors (Lipinski definition) is 4. The average Bonchev–Trinajstić information content (AvgIpc) is 2.54. The predicted octanol–water partition coefficient (Wildman–Crippen LogP) is 2.31. The van der Waals surface area contributed by atoms with E-state index in [1.807, 2.05) is 6.07 Å². The molecule has 0 aliphatic rings. The number of ether oxygens (including phenoxy) is 2. The van der Waals surface area contributed by atoms with Crippen molar-refractivity contribution in [3.63, 3.8) is 0 Å². The van der Waals surface area contributed by atoms with Crippen molar-refractivity contribution in [2.24, 2.45) is 0 Å². The highest BCUT2D eigenvalue weighted by atomic mass is 16.6. The molecule has 0 fully saturated rings. The lowest BCUT2D eigenvalue weighted by Gasteiger charge is -2.28. The number of rotatable bonds is 4. The Morgan fingerprint density at radius 2 is 1.60 bits per heavy atom. The minimum Gasteiger partial charge on any atom is -0.465 e. The maximum atomic E-state index is 11.8.